The summed E-state index contributed by atoms with van der Waals surface area (Å²) in [5, 5.41) is 14.7. The highest BCUT2D eigenvalue weighted by Gasteiger charge is 2.25. The van der Waals surface area contributed by atoms with Crippen LogP contribution in [-0.4, -0.2) is 29.1 Å². The average molecular weight is 252 g/mol. The molecule has 1 fully saturated rings. The fourth-order valence-electron chi connectivity index (χ4n) is 1.57. The van der Waals surface area contributed by atoms with E-state index in [1.54, 1.807) is 13.0 Å². The molecule has 1 unspecified atom stereocenters. The molecule has 0 saturated heterocycles. The fraction of sp³-hybridized carbons (Fsp3) is 0.500. The molecule has 18 heavy (non-hydrogen) atoms. The van der Waals surface area contributed by atoms with Crippen LogP contribution in [0.3, 0.4) is 0 Å². The third-order valence-corrected chi connectivity index (χ3v) is 2.86. The molecule has 6 heteroatoms. The second-order valence-corrected chi connectivity index (χ2v) is 4.47. The summed E-state index contributed by atoms with van der Waals surface area (Å²) in [5.41, 5.74) is 0.536. The number of carbonyl (C=O) groups excluding carboxylic acids is 1. The van der Waals surface area contributed by atoms with Gasteiger partial charge < -0.3 is 20.2 Å². The fourth-order valence-corrected chi connectivity index (χ4v) is 1.57. The molecule has 1 atom stereocenters. The second kappa shape index (κ2) is 5.22. The SMILES string of the molecule is CC(NCc1ccoc1C(=O)O)C(=O)NC1CC1. The van der Waals surface area contributed by atoms with Crippen molar-refractivity contribution in [2.45, 2.75) is 38.4 Å². The number of carbonyl (C=O) groups is 2. The van der Waals surface area contributed by atoms with E-state index >= 15 is 0 Å². The summed E-state index contributed by atoms with van der Waals surface area (Å²) in [5.74, 6) is -1.25. The summed E-state index contributed by atoms with van der Waals surface area (Å²) in [6, 6.07) is 1.55. The first-order chi connectivity index (χ1) is 8.58. The highest BCUT2D eigenvalue weighted by Crippen LogP contribution is 2.18. The molecule has 1 aromatic rings. The monoisotopic (exact) mass is 252 g/mol. The van der Waals surface area contributed by atoms with Gasteiger partial charge in [-0.2, -0.15) is 0 Å². The van der Waals surface area contributed by atoms with Crippen molar-refractivity contribution in [3.63, 3.8) is 0 Å². The molecule has 0 spiro atoms. The maximum absolute atomic E-state index is 11.7. The Labute approximate surface area is 104 Å². The molecule has 1 amide bonds. The normalized spacial score (nSPS) is 16.3. The number of carboxylic acid groups (broad SMARTS) is 1. The van der Waals surface area contributed by atoms with Crippen molar-refractivity contribution in [3.05, 3.63) is 23.7 Å². The predicted octanol–water partition coefficient (Wildman–Crippen LogP) is 0.734. The molecule has 0 aromatic carbocycles. The van der Waals surface area contributed by atoms with Crippen LogP contribution in [0.5, 0.6) is 0 Å². The van der Waals surface area contributed by atoms with E-state index in [1.165, 1.54) is 6.26 Å². The molecule has 98 valence electrons. The third kappa shape index (κ3) is 3.10. The van der Waals surface area contributed by atoms with Crippen molar-refractivity contribution >= 4 is 11.9 Å². The van der Waals surface area contributed by atoms with Crippen molar-refractivity contribution in [1.82, 2.24) is 10.6 Å². The molecule has 6 nitrogen and oxygen atoms in total. The lowest BCUT2D eigenvalue weighted by Crippen LogP contribution is -2.42. The van der Waals surface area contributed by atoms with Gasteiger partial charge in [-0.1, -0.05) is 0 Å². The first kappa shape index (κ1) is 12.6. The zero-order valence-electron chi connectivity index (χ0n) is 10.1. The van der Waals surface area contributed by atoms with Crippen LogP contribution in [0.4, 0.5) is 0 Å². The number of furan rings is 1. The van der Waals surface area contributed by atoms with Crippen LogP contribution in [0.25, 0.3) is 0 Å². The Morgan fingerprint density at radius 3 is 2.89 bits per heavy atom. The molecule has 1 heterocycles. The van der Waals surface area contributed by atoms with Gasteiger partial charge in [0.25, 0.3) is 0 Å². The van der Waals surface area contributed by atoms with E-state index < -0.39 is 5.97 Å². The molecular weight excluding hydrogens is 236 g/mol. The van der Waals surface area contributed by atoms with Gasteiger partial charge in [-0.05, 0) is 25.8 Å². The number of rotatable bonds is 6. The van der Waals surface area contributed by atoms with Gasteiger partial charge >= 0.3 is 5.97 Å². The zero-order chi connectivity index (χ0) is 13.1. The molecule has 2 rings (SSSR count). The molecule has 1 saturated carbocycles. The van der Waals surface area contributed by atoms with E-state index in [-0.39, 0.29) is 24.3 Å². The van der Waals surface area contributed by atoms with E-state index in [1.807, 2.05) is 0 Å². The van der Waals surface area contributed by atoms with Crippen molar-refractivity contribution < 1.29 is 19.1 Å². The Morgan fingerprint density at radius 2 is 2.28 bits per heavy atom. The van der Waals surface area contributed by atoms with E-state index in [0.717, 1.165) is 12.8 Å². The molecule has 1 aromatic heterocycles. The minimum absolute atomic E-state index is 0.0575. The van der Waals surface area contributed by atoms with Gasteiger partial charge in [-0.15, -0.1) is 0 Å². The topological polar surface area (TPSA) is 91.6 Å². The largest absolute Gasteiger partial charge is 0.475 e. The highest BCUT2D eigenvalue weighted by molar-refractivity contribution is 5.86. The van der Waals surface area contributed by atoms with Gasteiger partial charge in [-0.25, -0.2) is 4.79 Å². The van der Waals surface area contributed by atoms with Gasteiger partial charge in [-0.3, -0.25) is 4.79 Å². The number of nitrogens with one attached hydrogen (secondary N) is 2. The summed E-state index contributed by atoms with van der Waals surface area (Å²) in [4.78, 5) is 22.5. The quantitative estimate of drug-likeness (QED) is 0.694. The number of aromatic carboxylic acids is 1. The Kier molecular flexibility index (Phi) is 3.66. The molecule has 1 aliphatic carbocycles. The van der Waals surface area contributed by atoms with Gasteiger partial charge in [0.05, 0.1) is 12.3 Å². The lowest BCUT2D eigenvalue weighted by molar-refractivity contribution is -0.122. The van der Waals surface area contributed by atoms with Crippen LogP contribution in [0.2, 0.25) is 0 Å². The minimum Gasteiger partial charge on any atom is -0.475 e. The molecule has 3 N–H and O–H groups in total. The summed E-state index contributed by atoms with van der Waals surface area (Å²) in [6.45, 7) is 2.04. The molecule has 0 aliphatic heterocycles. The predicted molar refractivity (Wildman–Crippen MR) is 63.1 cm³/mol. The second-order valence-electron chi connectivity index (χ2n) is 4.47. The summed E-state index contributed by atoms with van der Waals surface area (Å²) >= 11 is 0. The Hall–Kier alpha value is -1.82. The molecule has 1 aliphatic rings. The van der Waals surface area contributed by atoms with Crippen molar-refractivity contribution in [1.29, 1.82) is 0 Å². The number of hydrogen-bond donors (Lipinski definition) is 3. The van der Waals surface area contributed by atoms with Gasteiger partial charge in [0, 0.05) is 18.2 Å². The van der Waals surface area contributed by atoms with Crippen LogP contribution in [0.15, 0.2) is 16.7 Å². The van der Waals surface area contributed by atoms with Crippen LogP contribution in [-0.2, 0) is 11.3 Å². The van der Waals surface area contributed by atoms with Crippen LogP contribution < -0.4 is 10.6 Å². The van der Waals surface area contributed by atoms with Crippen molar-refractivity contribution in [2.24, 2.45) is 0 Å². The number of amides is 1. The van der Waals surface area contributed by atoms with Gasteiger partial charge in [0.1, 0.15) is 0 Å². The van der Waals surface area contributed by atoms with E-state index in [4.69, 9.17) is 9.52 Å². The smallest absolute Gasteiger partial charge is 0.372 e. The summed E-state index contributed by atoms with van der Waals surface area (Å²) in [7, 11) is 0. The first-order valence-corrected chi connectivity index (χ1v) is 5.91. The van der Waals surface area contributed by atoms with E-state index in [0.29, 0.717) is 11.6 Å². The van der Waals surface area contributed by atoms with Crippen LogP contribution >= 0.6 is 0 Å². The van der Waals surface area contributed by atoms with Gasteiger partial charge in [0.2, 0.25) is 11.7 Å². The third-order valence-electron chi connectivity index (χ3n) is 2.86. The molecule has 0 bridgehead atoms. The molecule has 0 radical (unpaired) electrons. The van der Waals surface area contributed by atoms with E-state index in [9.17, 15) is 9.59 Å². The maximum atomic E-state index is 11.7. The summed E-state index contributed by atoms with van der Waals surface area (Å²) < 4.78 is 4.85. The minimum atomic E-state index is -1.10. The van der Waals surface area contributed by atoms with Crippen molar-refractivity contribution in [2.75, 3.05) is 0 Å². The summed E-state index contributed by atoms with van der Waals surface area (Å²) in [6.07, 6.45) is 3.42. The lowest BCUT2D eigenvalue weighted by atomic mass is 10.2. The Bertz CT molecular complexity index is 451. The van der Waals surface area contributed by atoms with E-state index in [2.05, 4.69) is 10.6 Å². The van der Waals surface area contributed by atoms with Crippen LogP contribution in [0.1, 0.15) is 35.9 Å². The first-order valence-electron chi connectivity index (χ1n) is 5.91. The van der Waals surface area contributed by atoms with Crippen molar-refractivity contribution in [3.8, 4) is 0 Å². The lowest BCUT2D eigenvalue weighted by Gasteiger charge is -2.13. The standard InChI is InChI=1S/C12H16N2O4/c1-7(11(15)14-9-2-3-9)13-6-8-4-5-18-10(8)12(16)17/h4-5,7,9,13H,2-3,6H2,1H3,(H,14,15)(H,16,17). The Balaban J connectivity index is 1.84. The maximum Gasteiger partial charge on any atom is 0.372 e. The zero-order valence-corrected chi connectivity index (χ0v) is 10.1. The van der Waals surface area contributed by atoms with Crippen LogP contribution in [0, 0.1) is 0 Å². The van der Waals surface area contributed by atoms with Gasteiger partial charge in [0.15, 0.2) is 0 Å². The number of hydrogen-bond acceptors (Lipinski definition) is 4. The number of carboxylic acids is 1. The highest BCUT2D eigenvalue weighted by atomic mass is 16.4. The Morgan fingerprint density at radius 1 is 1.56 bits per heavy atom. The average Bonchev–Trinajstić information content (AvgIpc) is 3.00. The molecular formula is C12H16N2O4.